The molecule has 0 atom stereocenters. The summed E-state index contributed by atoms with van der Waals surface area (Å²) in [6, 6.07) is 5.79. The van der Waals surface area contributed by atoms with Gasteiger partial charge in [-0.15, -0.1) is 0 Å². The first kappa shape index (κ1) is 14.3. The second-order valence-corrected chi connectivity index (χ2v) is 8.45. The number of amides is 1. The van der Waals surface area contributed by atoms with Crippen LogP contribution in [0.4, 0.5) is 5.82 Å². The molecule has 1 aromatic rings. The molecule has 0 aromatic carbocycles. The summed E-state index contributed by atoms with van der Waals surface area (Å²) in [4.78, 5) is 32.4. The fourth-order valence-electron chi connectivity index (χ4n) is 2.41. The Balaban J connectivity index is 1.59. The van der Waals surface area contributed by atoms with Gasteiger partial charge in [0.15, 0.2) is 0 Å². The minimum absolute atomic E-state index is 0.316. The van der Waals surface area contributed by atoms with Crippen molar-refractivity contribution in [2.45, 2.75) is 0 Å². The number of aromatic nitrogens is 1. The number of rotatable bonds is 3. The van der Waals surface area contributed by atoms with E-state index >= 15 is 0 Å². The van der Waals surface area contributed by atoms with E-state index in [-0.39, 0.29) is 11.7 Å². The maximum atomic E-state index is 12.2. The van der Waals surface area contributed by atoms with Gasteiger partial charge in [-0.2, -0.15) is 0 Å². The first-order valence-electron chi connectivity index (χ1n) is 6.88. The van der Waals surface area contributed by atoms with Crippen LogP contribution in [0.1, 0.15) is 0 Å². The van der Waals surface area contributed by atoms with Crippen molar-refractivity contribution < 1.29 is 9.59 Å². The molecule has 0 saturated carbocycles. The van der Waals surface area contributed by atoms with E-state index in [1.165, 1.54) is 0 Å². The Hall–Kier alpha value is -1.63. The van der Waals surface area contributed by atoms with Crippen LogP contribution in [0.3, 0.4) is 0 Å². The van der Waals surface area contributed by atoms with E-state index < -0.39 is 22.7 Å². The van der Waals surface area contributed by atoms with Crippen molar-refractivity contribution >= 4 is 43.5 Å². The molecule has 2 aliphatic heterocycles. The maximum absolute atomic E-state index is 12.2. The Bertz CT molecular complexity index is 607. The zero-order valence-corrected chi connectivity index (χ0v) is 14.8. The van der Waals surface area contributed by atoms with E-state index in [0.29, 0.717) is 26.2 Å². The Kier molecular flexibility index (Phi) is 4.38. The minimum atomic E-state index is -1.23. The van der Waals surface area contributed by atoms with E-state index in [4.69, 9.17) is 0 Å². The van der Waals surface area contributed by atoms with Crippen LogP contribution in [-0.2, 0) is 9.59 Å². The van der Waals surface area contributed by atoms with Crippen molar-refractivity contribution in [2.24, 2.45) is 0 Å². The van der Waals surface area contributed by atoms with Crippen LogP contribution in [0.2, 0.25) is 0 Å². The van der Waals surface area contributed by atoms with E-state index in [2.05, 4.69) is 13.2 Å². The molecule has 1 saturated heterocycles. The van der Waals surface area contributed by atoms with E-state index in [9.17, 15) is 9.59 Å². The number of allylic oxidation sites excluding steroid dienone is 1. The van der Waals surface area contributed by atoms with Crippen molar-refractivity contribution in [3.05, 3.63) is 36.7 Å². The van der Waals surface area contributed by atoms with Crippen molar-refractivity contribution in [1.82, 2.24) is 13.2 Å². The van der Waals surface area contributed by atoms with Crippen LogP contribution in [0, 0.1) is 0 Å². The Morgan fingerprint density at radius 2 is 2.00 bits per heavy atom. The second kappa shape index (κ2) is 6.43. The predicted octanol–water partition coefficient (Wildman–Crippen LogP) is -0.792. The zero-order chi connectivity index (χ0) is 14.7. The molecular weight excluding hydrogens is 371 g/mol. The molecule has 0 spiro atoms. The average Bonchev–Trinajstić information content (AvgIpc) is 3.09. The molecule has 21 heavy (non-hydrogen) atoms. The summed E-state index contributed by atoms with van der Waals surface area (Å²) in [5, 5.41) is 0. The van der Waals surface area contributed by atoms with Crippen LogP contribution in [0.5, 0.6) is 0 Å². The van der Waals surface area contributed by atoms with Gasteiger partial charge in [0.1, 0.15) is 0 Å². The van der Waals surface area contributed by atoms with Crippen LogP contribution < -0.4 is 8.20 Å². The third kappa shape index (κ3) is 3.18. The number of ketones is 1. The predicted molar refractivity (Wildman–Crippen MR) is 81.1 cm³/mol. The number of hydrogen-bond acceptors (Lipinski definition) is 5. The zero-order valence-electron chi connectivity index (χ0n) is 11.5. The Morgan fingerprint density at radius 3 is 2.62 bits per heavy atom. The molecule has 3 heterocycles. The number of anilines is 1. The van der Waals surface area contributed by atoms with E-state index in [1.807, 2.05) is 18.2 Å². The van der Waals surface area contributed by atoms with Crippen LogP contribution >= 0.6 is 0 Å². The molecule has 0 radical (unpaired) electrons. The van der Waals surface area contributed by atoms with Gasteiger partial charge in [-0.3, -0.25) is 0 Å². The molecule has 3 rings (SSSR count). The number of carbonyl (C=O) groups is 2. The van der Waals surface area contributed by atoms with Gasteiger partial charge in [0, 0.05) is 0 Å². The topological polar surface area (TPSA) is 65.5 Å². The number of hydrogen-bond donors (Lipinski definition) is 1. The fourth-order valence-corrected chi connectivity index (χ4v) is 4.75. The Morgan fingerprint density at radius 1 is 1.19 bits per heavy atom. The van der Waals surface area contributed by atoms with Crippen LogP contribution in [0.25, 0.3) is 0 Å². The van der Waals surface area contributed by atoms with Crippen LogP contribution in [-0.4, -0.2) is 73.7 Å². The number of nitrogens with one attached hydrogen (secondary N) is 1. The normalized spacial score (nSPS) is 17.0. The summed E-state index contributed by atoms with van der Waals surface area (Å²) in [5.74, 6) is 0.248. The van der Waals surface area contributed by atoms with Crippen LogP contribution in [0.15, 0.2) is 36.7 Å². The SMILES string of the molecule is O=C(C(=O)N1CCN(c2ccccn2)CC1)[C]1=[In][NH]C=C1. The summed E-state index contributed by atoms with van der Waals surface area (Å²) < 4.78 is 3.83. The summed E-state index contributed by atoms with van der Waals surface area (Å²) in [7, 11) is 0. The van der Waals surface area contributed by atoms with Gasteiger partial charge in [0.05, 0.1) is 0 Å². The number of carbonyl (C=O) groups excluding carboxylic acids is 2. The standard InChI is InChI=1S/C14H15N4O2.In/c15-6-3-4-12(19)14(20)18-10-8-17(9-11-18)13-5-1-2-7-16-13;/h1-3,5-7,15H,8-11H2;/q-1;+1. The number of Topliss-reactive ketones (excluding diaryl/α,β-unsaturated/α-hetero) is 1. The van der Waals surface area contributed by atoms with Crippen molar-refractivity contribution in [3.63, 3.8) is 0 Å². The molecular formula is C14H15InN4O2. The monoisotopic (exact) mass is 386 g/mol. The Labute approximate surface area is 134 Å². The molecule has 0 bridgehead atoms. The van der Waals surface area contributed by atoms with Gasteiger partial charge in [-0.25, -0.2) is 0 Å². The summed E-state index contributed by atoms with van der Waals surface area (Å²) >= 11 is -1.23. The average molecular weight is 386 g/mol. The molecule has 6 nitrogen and oxygen atoms in total. The van der Waals surface area contributed by atoms with Crippen molar-refractivity contribution in [3.8, 4) is 0 Å². The van der Waals surface area contributed by atoms with Gasteiger partial charge in [-0.1, -0.05) is 0 Å². The van der Waals surface area contributed by atoms with Gasteiger partial charge in [0.2, 0.25) is 0 Å². The second-order valence-electron chi connectivity index (χ2n) is 4.90. The molecule has 7 heteroatoms. The van der Waals surface area contributed by atoms with Gasteiger partial charge < -0.3 is 0 Å². The third-order valence-corrected chi connectivity index (χ3v) is 6.80. The first-order chi connectivity index (χ1) is 10.3. The van der Waals surface area contributed by atoms with Gasteiger partial charge in [0.25, 0.3) is 0 Å². The molecule has 106 valence electrons. The molecule has 1 N–H and O–H groups in total. The third-order valence-electron chi connectivity index (χ3n) is 3.59. The molecule has 0 unspecified atom stereocenters. The fraction of sp³-hybridized carbons (Fsp3) is 0.286. The summed E-state index contributed by atoms with van der Waals surface area (Å²) in [5.41, 5.74) is 0. The van der Waals surface area contributed by atoms with Crippen molar-refractivity contribution in [1.29, 1.82) is 0 Å². The summed E-state index contributed by atoms with van der Waals surface area (Å²) in [6.07, 6.45) is 5.30. The molecule has 2 aliphatic rings. The van der Waals surface area contributed by atoms with E-state index in [1.54, 1.807) is 23.4 Å². The van der Waals surface area contributed by atoms with Gasteiger partial charge >= 0.3 is 134 Å². The van der Waals surface area contributed by atoms with Gasteiger partial charge in [-0.05, 0) is 0 Å². The number of nitrogens with zero attached hydrogens (tertiary/aromatic N) is 3. The number of piperazine rings is 1. The number of pyridine rings is 1. The molecule has 1 fully saturated rings. The van der Waals surface area contributed by atoms with E-state index in [0.717, 1.165) is 9.07 Å². The first-order valence-corrected chi connectivity index (χ1v) is 10.2. The molecule has 1 aromatic heterocycles. The molecule has 1 amide bonds. The molecule has 0 aliphatic carbocycles. The summed E-state index contributed by atoms with van der Waals surface area (Å²) in [6.45, 7) is 2.56. The van der Waals surface area contributed by atoms with Crippen molar-refractivity contribution in [2.75, 3.05) is 31.1 Å². The quantitative estimate of drug-likeness (QED) is 0.690.